The van der Waals surface area contributed by atoms with Crippen LogP contribution in [0.3, 0.4) is 0 Å². The van der Waals surface area contributed by atoms with E-state index in [1.54, 1.807) is 0 Å². The van der Waals surface area contributed by atoms with E-state index in [1.165, 1.54) is 16.5 Å². The minimum Gasteiger partial charge on any atom is -0.493 e. The Balaban J connectivity index is 1.58. The highest BCUT2D eigenvalue weighted by Crippen LogP contribution is 2.28. The molecule has 3 heteroatoms. The average Bonchev–Trinajstić information content (AvgIpc) is 3.00. The Kier molecular flexibility index (Phi) is 2.96. The molecule has 3 nitrogen and oxygen atoms in total. The highest BCUT2D eigenvalue weighted by molar-refractivity contribution is 5.82. The summed E-state index contributed by atoms with van der Waals surface area (Å²) in [5, 5.41) is 4.71. The molecule has 0 atom stereocenters. The predicted molar refractivity (Wildman–Crippen MR) is 84.7 cm³/mol. The number of nitrogens with zero attached hydrogens (tertiary/aromatic N) is 1. The van der Waals surface area contributed by atoms with Crippen LogP contribution in [-0.2, 0) is 13.0 Å². The topological polar surface area (TPSA) is 34.1 Å². The van der Waals surface area contributed by atoms with Gasteiger partial charge in [-0.2, -0.15) is 0 Å². The molecule has 0 unspecified atom stereocenters. The van der Waals surface area contributed by atoms with E-state index < -0.39 is 0 Å². The van der Waals surface area contributed by atoms with E-state index >= 15 is 0 Å². The molecule has 1 aliphatic rings. The molecule has 21 heavy (non-hydrogen) atoms. The monoisotopic (exact) mass is 276 g/mol. The van der Waals surface area contributed by atoms with Crippen LogP contribution in [0, 0.1) is 0 Å². The van der Waals surface area contributed by atoms with E-state index in [2.05, 4.69) is 46.7 Å². The Morgan fingerprint density at radius 1 is 1.10 bits per heavy atom. The first-order valence-electron chi connectivity index (χ1n) is 7.22. The summed E-state index contributed by atoms with van der Waals surface area (Å²) in [7, 11) is 0. The number of aromatic nitrogens is 1. The van der Waals surface area contributed by atoms with Gasteiger partial charge in [-0.05, 0) is 41.5 Å². The van der Waals surface area contributed by atoms with E-state index in [4.69, 9.17) is 4.74 Å². The van der Waals surface area contributed by atoms with Crippen LogP contribution in [0.5, 0.6) is 5.75 Å². The fourth-order valence-electron chi connectivity index (χ4n) is 2.80. The van der Waals surface area contributed by atoms with Crippen molar-refractivity contribution in [3.8, 4) is 5.75 Å². The smallest absolute Gasteiger partial charge is 0.122 e. The molecular weight excluding hydrogens is 260 g/mol. The average molecular weight is 276 g/mol. The third kappa shape index (κ3) is 2.31. The summed E-state index contributed by atoms with van der Waals surface area (Å²) in [6.07, 6.45) is 2.87. The van der Waals surface area contributed by atoms with Crippen molar-refractivity contribution < 1.29 is 4.74 Å². The van der Waals surface area contributed by atoms with Crippen molar-refractivity contribution in [2.24, 2.45) is 0 Å². The van der Waals surface area contributed by atoms with E-state index in [0.717, 1.165) is 36.5 Å². The van der Waals surface area contributed by atoms with Crippen molar-refractivity contribution in [3.63, 3.8) is 0 Å². The number of anilines is 1. The first kappa shape index (κ1) is 12.2. The molecule has 0 aliphatic carbocycles. The van der Waals surface area contributed by atoms with Gasteiger partial charge in [-0.25, -0.2) is 0 Å². The molecule has 0 bridgehead atoms. The maximum Gasteiger partial charge on any atom is 0.122 e. The quantitative estimate of drug-likeness (QED) is 0.790. The molecule has 0 amide bonds. The second kappa shape index (κ2) is 5.09. The second-order valence-corrected chi connectivity index (χ2v) is 5.26. The Morgan fingerprint density at radius 3 is 3.05 bits per heavy atom. The molecule has 2 heterocycles. The molecular formula is C18H16N2O. The first-order valence-corrected chi connectivity index (χ1v) is 7.22. The second-order valence-electron chi connectivity index (χ2n) is 5.26. The van der Waals surface area contributed by atoms with Crippen LogP contribution in [-0.4, -0.2) is 11.6 Å². The highest BCUT2D eigenvalue weighted by Gasteiger charge is 2.11. The number of ether oxygens (including phenoxy) is 1. The van der Waals surface area contributed by atoms with E-state index in [9.17, 15) is 0 Å². The minimum atomic E-state index is 0.794. The molecule has 2 aromatic carbocycles. The summed E-state index contributed by atoms with van der Waals surface area (Å²) >= 11 is 0. The zero-order chi connectivity index (χ0) is 14.1. The zero-order valence-corrected chi connectivity index (χ0v) is 11.7. The van der Waals surface area contributed by atoms with Crippen LogP contribution in [0.4, 0.5) is 5.69 Å². The lowest BCUT2D eigenvalue weighted by Gasteiger charge is -2.10. The first-order chi connectivity index (χ1) is 10.4. The number of hydrogen-bond donors (Lipinski definition) is 1. The van der Waals surface area contributed by atoms with Gasteiger partial charge in [0.1, 0.15) is 5.75 Å². The molecule has 4 rings (SSSR count). The standard InChI is InChI=1S/C18H16N2O/c1-2-4-17-16(3-1)14(7-9-19-17)12-20-15-5-6-18-13(11-15)8-10-21-18/h1-7,9,11,20H,8,10,12H2. The van der Waals surface area contributed by atoms with Crippen LogP contribution in [0.1, 0.15) is 11.1 Å². The largest absolute Gasteiger partial charge is 0.493 e. The maximum absolute atomic E-state index is 5.54. The molecule has 1 N–H and O–H groups in total. The number of fused-ring (bicyclic) bond motifs is 2. The summed E-state index contributed by atoms with van der Waals surface area (Å²) < 4.78 is 5.54. The lowest BCUT2D eigenvalue weighted by Crippen LogP contribution is -2.00. The van der Waals surface area contributed by atoms with Crippen LogP contribution in [0.25, 0.3) is 10.9 Å². The lowest BCUT2D eigenvalue weighted by atomic mass is 10.1. The summed E-state index contributed by atoms with van der Waals surface area (Å²) in [5.41, 5.74) is 4.73. The van der Waals surface area contributed by atoms with E-state index in [1.807, 2.05) is 18.3 Å². The van der Waals surface area contributed by atoms with E-state index in [0.29, 0.717) is 0 Å². The summed E-state index contributed by atoms with van der Waals surface area (Å²) in [6.45, 7) is 1.59. The molecule has 0 radical (unpaired) electrons. The normalized spacial score (nSPS) is 13.0. The zero-order valence-electron chi connectivity index (χ0n) is 11.7. The third-order valence-corrected chi connectivity index (χ3v) is 3.91. The van der Waals surface area contributed by atoms with Gasteiger partial charge in [-0.1, -0.05) is 18.2 Å². The van der Waals surface area contributed by atoms with Crippen LogP contribution < -0.4 is 10.1 Å². The fraction of sp³-hybridized carbons (Fsp3) is 0.167. The van der Waals surface area contributed by atoms with Gasteiger partial charge in [0, 0.05) is 30.2 Å². The van der Waals surface area contributed by atoms with Crippen molar-refractivity contribution in [1.82, 2.24) is 4.98 Å². The molecule has 104 valence electrons. The van der Waals surface area contributed by atoms with Gasteiger partial charge in [-0.3, -0.25) is 4.98 Å². The molecule has 0 fully saturated rings. The predicted octanol–water partition coefficient (Wildman–Crippen LogP) is 3.78. The number of hydrogen-bond acceptors (Lipinski definition) is 3. The highest BCUT2D eigenvalue weighted by atomic mass is 16.5. The van der Waals surface area contributed by atoms with Gasteiger partial charge < -0.3 is 10.1 Å². The van der Waals surface area contributed by atoms with Gasteiger partial charge in [0.15, 0.2) is 0 Å². The summed E-state index contributed by atoms with van der Waals surface area (Å²) in [5.74, 6) is 1.02. The number of benzene rings is 2. The summed E-state index contributed by atoms with van der Waals surface area (Å²) in [6, 6.07) is 16.6. The van der Waals surface area contributed by atoms with Crippen molar-refractivity contribution in [3.05, 3.63) is 65.9 Å². The van der Waals surface area contributed by atoms with Crippen molar-refractivity contribution in [2.75, 3.05) is 11.9 Å². The molecule has 0 saturated heterocycles. The minimum absolute atomic E-state index is 0.794. The van der Waals surface area contributed by atoms with Crippen molar-refractivity contribution in [1.29, 1.82) is 0 Å². The van der Waals surface area contributed by atoms with Gasteiger partial charge in [-0.15, -0.1) is 0 Å². The Labute approximate surface area is 123 Å². The molecule has 1 aliphatic heterocycles. The van der Waals surface area contributed by atoms with Gasteiger partial charge in [0.25, 0.3) is 0 Å². The Bertz CT molecular complexity index is 793. The fourth-order valence-corrected chi connectivity index (χ4v) is 2.80. The van der Waals surface area contributed by atoms with Crippen LogP contribution in [0.15, 0.2) is 54.7 Å². The number of rotatable bonds is 3. The van der Waals surface area contributed by atoms with Crippen molar-refractivity contribution >= 4 is 16.6 Å². The Morgan fingerprint density at radius 2 is 2.05 bits per heavy atom. The summed E-state index contributed by atoms with van der Waals surface area (Å²) in [4.78, 5) is 4.40. The van der Waals surface area contributed by atoms with Crippen molar-refractivity contribution in [2.45, 2.75) is 13.0 Å². The molecule has 1 aromatic heterocycles. The van der Waals surface area contributed by atoms with Crippen LogP contribution in [0.2, 0.25) is 0 Å². The maximum atomic E-state index is 5.54. The molecule has 0 spiro atoms. The lowest BCUT2D eigenvalue weighted by molar-refractivity contribution is 0.357. The Hall–Kier alpha value is -2.55. The molecule has 0 saturated carbocycles. The SMILES string of the molecule is c1ccc2c(CNc3ccc4c(c3)CCO4)ccnc2c1. The third-order valence-electron chi connectivity index (χ3n) is 3.91. The van der Waals surface area contributed by atoms with Gasteiger partial charge >= 0.3 is 0 Å². The molecule has 3 aromatic rings. The van der Waals surface area contributed by atoms with Gasteiger partial charge in [0.2, 0.25) is 0 Å². The number of para-hydroxylation sites is 1. The number of pyridine rings is 1. The van der Waals surface area contributed by atoms with Gasteiger partial charge in [0.05, 0.1) is 12.1 Å². The van der Waals surface area contributed by atoms with Crippen LogP contribution >= 0.6 is 0 Å². The number of nitrogens with one attached hydrogen (secondary N) is 1. The van der Waals surface area contributed by atoms with E-state index in [-0.39, 0.29) is 0 Å².